The van der Waals surface area contributed by atoms with Crippen molar-refractivity contribution >= 4 is 11.8 Å². The standard InChI is InChI=1S/C10H9FN4O4/c11-1-3-18-8-5(10(16)17)6(12)14-7(15-8)9-13-2-4-19-9/h2,4H,1,3H2,(H,16,17)(H2,12,14,15). The zero-order valence-corrected chi connectivity index (χ0v) is 9.54. The number of aromatic carboxylic acids is 1. The Balaban J connectivity index is 2.50. The van der Waals surface area contributed by atoms with Crippen LogP contribution in [-0.4, -0.2) is 39.3 Å². The smallest absolute Gasteiger partial charge is 0.345 e. The summed E-state index contributed by atoms with van der Waals surface area (Å²) in [7, 11) is 0. The zero-order valence-electron chi connectivity index (χ0n) is 9.54. The van der Waals surface area contributed by atoms with Crippen molar-refractivity contribution < 1.29 is 23.4 Å². The fraction of sp³-hybridized carbons (Fsp3) is 0.200. The molecular weight excluding hydrogens is 259 g/mol. The van der Waals surface area contributed by atoms with Crippen LogP contribution in [0.15, 0.2) is 16.9 Å². The van der Waals surface area contributed by atoms with Gasteiger partial charge in [-0.05, 0) is 0 Å². The Morgan fingerprint density at radius 2 is 2.32 bits per heavy atom. The summed E-state index contributed by atoms with van der Waals surface area (Å²) in [4.78, 5) is 22.4. The fourth-order valence-electron chi connectivity index (χ4n) is 1.33. The maximum absolute atomic E-state index is 12.1. The van der Waals surface area contributed by atoms with Gasteiger partial charge < -0.3 is 20.0 Å². The lowest BCUT2D eigenvalue weighted by molar-refractivity contribution is 0.0691. The van der Waals surface area contributed by atoms with Crippen molar-refractivity contribution in [3.05, 3.63) is 18.0 Å². The first-order valence-corrected chi connectivity index (χ1v) is 5.13. The average molecular weight is 268 g/mol. The molecule has 19 heavy (non-hydrogen) atoms. The predicted octanol–water partition coefficient (Wildman–Crippen LogP) is 0.760. The normalized spacial score (nSPS) is 10.4. The number of hydrogen-bond acceptors (Lipinski definition) is 7. The number of anilines is 1. The van der Waals surface area contributed by atoms with Crippen LogP contribution < -0.4 is 10.5 Å². The quantitative estimate of drug-likeness (QED) is 0.814. The van der Waals surface area contributed by atoms with Crippen LogP contribution >= 0.6 is 0 Å². The molecular formula is C10H9FN4O4. The highest BCUT2D eigenvalue weighted by atomic mass is 19.1. The third-order valence-corrected chi connectivity index (χ3v) is 2.06. The van der Waals surface area contributed by atoms with Crippen LogP contribution in [0.1, 0.15) is 10.4 Å². The van der Waals surface area contributed by atoms with Crippen molar-refractivity contribution in [1.82, 2.24) is 15.0 Å². The zero-order chi connectivity index (χ0) is 13.8. The summed E-state index contributed by atoms with van der Waals surface area (Å²) >= 11 is 0. The van der Waals surface area contributed by atoms with Crippen molar-refractivity contribution in [2.45, 2.75) is 0 Å². The maximum atomic E-state index is 12.1. The molecule has 8 nitrogen and oxygen atoms in total. The Hall–Kier alpha value is -2.71. The number of aromatic nitrogens is 3. The number of alkyl halides is 1. The molecule has 0 atom stereocenters. The van der Waals surface area contributed by atoms with Gasteiger partial charge in [-0.1, -0.05) is 0 Å². The van der Waals surface area contributed by atoms with E-state index in [2.05, 4.69) is 15.0 Å². The molecule has 0 saturated heterocycles. The molecule has 3 N–H and O–H groups in total. The predicted molar refractivity (Wildman–Crippen MR) is 60.4 cm³/mol. The molecule has 0 saturated carbocycles. The Bertz CT molecular complexity index is 587. The van der Waals surface area contributed by atoms with Crippen LogP contribution in [0.25, 0.3) is 11.7 Å². The van der Waals surface area contributed by atoms with Gasteiger partial charge in [0.1, 0.15) is 25.4 Å². The summed E-state index contributed by atoms with van der Waals surface area (Å²) in [5, 5.41) is 8.99. The summed E-state index contributed by atoms with van der Waals surface area (Å²) in [5.41, 5.74) is 5.10. The second-order valence-corrected chi connectivity index (χ2v) is 3.29. The summed E-state index contributed by atoms with van der Waals surface area (Å²) < 4.78 is 22.0. The fourth-order valence-corrected chi connectivity index (χ4v) is 1.33. The Morgan fingerprint density at radius 1 is 1.53 bits per heavy atom. The third kappa shape index (κ3) is 2.59. The summed E-state index contributed by atoms with van der Waals surface area (Å²) in [6, 6.07) is 0. The van der Waals surface area contributed by atoms with E-state index < -0.39 is 18.2 Å². The number of nitrogens with zero attached hydrogens (tertiary/aromatic N) is 3. The summed E-state index contributed by atoms with van der Waals surface area (Å²) in [6.45, 7) is -1.14. The van der Waals surface area contributed by atoms with Crippen LogP contribution in [0.5, 0.6) is 5.88 Å². The van der Waals surface area contributed by atoms with Gasteiger partial charge in [0.2, 0.25) is 11.7 Å². The first-order chi connectivity index (χ1) is 9.13. The van der Waals surface area contributed by atoms with Crippen molar-refractivity contribution in [2.24, 2.45) is 0 Å². The van der Waals surface area contributed by atoms with Crippen LogP contribution in [0.2, 0.25) is 0 Å². The molecule has 0 fully saturated rings. The van der Waals surface area contributed by atoms with Gasteiger partial charge in [0.15, 0.2) is 5.56 Å². The van der Waals surface area contributed by atoms with E-state index in [-0.39, 0.29) is 30.0 Å². The second-order valence-electron chi connectivity index (χ2n) is 3.29. The monoisotopic (exact) mass is 268 g/mol. The molecule has 0 aliphatic rings. The van der Waals surface area contributed by atoms with E-state index in [1.165, 1.54) is 12.5 Å². The Morgan fingerprint density at radius 3 is 2.89 bits per heavy atom. The molecule has 0 amide bonds. The highest BCUT2D eigenvalue weighted by Crippen LogP contribution is 2.25. The largest absolute Gasteiger partial charge is 0.477 e. The minimum absolute atomic E-state index is 0.0404. The van der Waals surface area contributed by atoms with Gasteiger partial charge in [-0.3, -0.25) is 0 Å². The third-order valence-electron chi connectivity index (χ3n) is 2.06. The molecule has 0 bridgehead atoms. The van der Waals surface area contributed by atoms with Gasteiger partial charge in [0.05, 0.1) is 6.20 Å². The van der Waals surface area contributed by atoms with E-state index >= 15 is 0 Å². The van der Waals surface area contributed by atoms with Crippen LogP contribution in [-0.2, 0) is 0 Å². The molecule has 0 radical (unpaired) electrons. The van der Waals surface area contributed by atoms with E-state index in [0.717, 1.165) is 0 Å². The molecule has 2 aromatic rings. The van der Waals surface area contributed by atoms with Crippen LogP contribution in [0.4, 0.5) is 10.2 Å². The van der Waals surface area contributed by atoms with E-state index in [4.69, 9.17) is 20.0 Å². The highest BCUT2D eigenvalue weighted by molar-refractivity contribution is 5.95. The molecule has 100 valence electrons. The number of oxazole rings is 1. The van der Waals surface area contributed by atoms with Crippen molar-refractivity contribution in [3.8, 4) is 17.6 Å². The molecule has 2 aromatic heterocycles. The Kier molecular flexibility index (Phi) is 3.55. The second kappa shape index (κ2) is 5.29. The number of nitrogens with two attached hydrogens (primary N) is 1. The number of carboxylic acids is 1. The molecule has 9 heteroatoms. The highest BCUT2D eigenvalue weighted by Gasteiger charge is 2.22. The van der Waals surface area contributed by atoms with Gasteiger partial charge in [0, 0.05) is 0 Å². The minimum Gasteiger partial charge on any atom is -0.477 e. The number of nitrogen functional groups attached to an aromatic ring is 1. The van der Waals surface area contributed by atoms with Crippen LogP contribution in [0.3, 0.4) is 0 Å². The summed E-state index contributed by atoms with van der Waals surface area (Å²) in [6.07, 6.45) is 2.66. The van der Waals surface area contributed by atoms with E-state index in [9.17, 15) is 9.18 Å². The Labute approximate surface area is 106 Å². The maximum Gasteiger partial charge on any atom is 0.345 e. The van der Waals surface area contributed by atoms with Crippen molar-refractivity contribution in [2.75, 3.05) is 19.0 Å². The number of rotatable bonds is 5. The van der Waals surface area contributed by atoms with E-state index in [0.29, 0.717) is 0 Å². The molecule has 0 aliphatic carbocycles. The molecule has 2 heterocycles. The van der Waals surface area contributed by atoms with Gasteiger partial charge in [-0.25, -0.2) is 19.2 Å². The molecule has 0 spiro atoms. The molecule has 0 aromatic carbocycles. The lowest BCUT2D eigenvalue weighted by Crippen LogP contribution is -2.12. The average Bonchev–Trinajstić information content (AvgIpc) is 2.88. The number of carboxylic acid groups (broad SMARTS) is 1. The first kappa shape index (κ1) is 12.7. The van der Waals surface area contributed by atoms with Crippen LogP contribution in [0, 0.1) is 0 Å². The molecule has 2 rings (SSSR count). The SMILES string of the molecule is Nc1nc(-c2ncco2)nc(OCCF)c1C(=O)O. The number of hydrogen-bond donors (Lipinski definition) is 2. The topological polar surface area (TPSA) is 124 Å². The number of carbonyl (C=O) groups is 1. The van der Waals surface area contributed by atoms with Crippen molar-refractivity contribution in [3.63, 3.8) is 0 Å². The van der Waals surface area contributed by atoms with E-state index in [1.807, 2.05) is 0 Å². The van der Waals surface area contributed by atoms with Gasteiger partial charge in [0.25, 0.3) is 5.89 Å². The lowest BCUT2D eigenvalue weighted by Gasteiger charge is -2.09. The van der Waals surface area contributed by atoms with Gasteiger partial charge in [-0.15, -0.1) is 0 Å². The summed E-state index contributed by atoms with van der Waals surface area (Å²) in [5.74, 6) is -2.00. The molecule has 0 aliphatic heterocycles. The number of halogens is 1. The lowest BCUT2D eigenvalue weighted by atomic mass is 10.3. The van der Waals surface area contributed by atoms with Gasteiger partial charge >= 0.3 is 5.97 Å². The number of ether oxygens (including phenoxy) is 1. The van der Waals surface area contributed by atoms with E-state index in [1.54, 1.807) is 0 Å². The van der Waals surface area contributed by atoms with Gasteiger partial charge in [-0.2, -0.15) is 4.98 Å². The molecule has 0 unspecified atom stereocenters. The first-order valence-electron chi connectivity index (χ1n) is 5.13. The minimum atomic E-state index is -1.37. The van der Waals surface area contributed by atoms with Crippen molar-refractivity contribution in [1.29, 1.82) is 0 Å².